The van der Waals surface area contributed by atoms with Gasteiger partial charge in [0.05, 0.1) is 17.5 Å². The summed E-state index contributed by atoms with van der Waals surface area (Å²) in [5.74, 6) is -3.84. The van der Waals surface area contributed by atoms with Gasteiger partial charge in [0.15, 0.2) is 0 Å². The summed E-state index contributed by atoms with van der Waals surface area (Å²) < 4.78 is 46.9. The van der Waals surface area contributed by atoms with Crippen molar-refractivity contribution in [2.75, 3.05) is 12.3 Å². The minimum absolute atomic E-state index is 0.0173. The number of carbonyl (C=O) groups excluding carboxylic acids is 1. The van der Waals surface area contributed by atoms with Gasteiger partial charge >= 0.3 is 11.6 Å². The van der Waals surface area contributed by atoms with Crippen LogP contribution >= 0.6 is 23.2 Å². The molecule has 2 aromatic carbocycles. The van der Waals surface area contributed by atoms with E-state index in [1.807, 2.05) is 0 Å². The highest BCUT2D eigenvalue weighted by molar-refractivity contribution is 6.32. The maximum Gasteiger partial charge on any atom is 0.362 e. The van der Waals surface area contributed by atoms with Crippen LogP contribution in [0.15, 0.2) is 50.0 Å². The fraction of sp³-hybridized carbons (Fsp3) is 0.125. The Labute approximate surface area is 210 Å². The van der Waals surface area contributed by atoms with E-state index in [1.165, 1.54) is 24.3 Å². The first-order chi connectivity index (χ1) is 17.2. The van der Waals surface area contributed by atoms with E-state index in [1.54, 1.807) is 6.92 Å². The lowest BCUT2D eigenvalue weighted by Crippen LogP contribution is -2.38. The van der Waals surface area contributed by atoms with Crippen LogP contribution in [0.5, 0.6) is 0 Å². The number of hydrogen-bond donors (Lipinski definition) is 1. The number of ether oxygens (including phenoxy) is 1. The van der Waals surface area contributed by atoms with E-state index in [0.717, 1.165) is 22.8 Å². The summed E-state index contributed by atoms with van der Waals surface area (Å²) in [6.07, 6.45) is 1.13. The predicted octanol–water partition coefficient (Wildman–Crippen LogP) is 3.27. The van der Waals surface area contributed by atoms with Gasteiger partial charge in [-0.25, -0.2) is 22.9 Å². The van der Waals surface area contributed by atoms with Gasteiger partial charge in [0, 0.05) is 16.1 Å². The van der Waals surface area contributed by atoms with Gasteiger partial charge < -0.3 is 19.3 Å². The van der Waals surface area contributed by atoms with Crippen molar-refractivity contribution >= 4 is 46.8 Å². The van der Waals surface area contributed by atoms with E-state index in [4.69, 9.17) is 42.5 Å². The number of halogens is 4. The number of nitrogen functional groups attached to an aromatic ring is 1. The highest BCUT2D eigenvalue weighted by Gasteiger charge is 2.41. The van der Waals surface area contributed by atoms with Crippen LogP contribution < -0.4 is 22.3 Å². The van der Waals surface area contributed by atoms with E-state index in [0.29, 0.717) is 0 Å². The molecule has 2 aromatic heterocycles. The molecule has 0 fully saturated rings. The third-order valence-corrected chi connectivity index (χ3v) is 6.21. The molecule has 0 spiro atoms. The summed E-state index contributed by atoms with van der Waals surface area (Å²) in [5.41, 5.74) is 3.97. The largest absolute Gasteiger partial charge is 0.462 e. The molecule has 0 radical (unpaired) electrons. The van der Waals surface area contributed by atoms with Crippen LogP contribution in [0.25, 0.3) is 17.5 Å². The first-order valence-electron chi connectivity index (χ1n) is 10.5. The van der Waals surface area contributed by atoms with Gasteiger partial charge in [-0.2, -0.15) is 4.98 Å². The molecule has 1 atom stereocenters. The van der Waals surface area contributed by atoms with Crippen LogP contribution in [0.1, 0.15) is 29.7 Å². The Kier molecular flexibility index (Phi) is 5.93. The van der Waals surface area contributed by atoms with Crippen LogP contribution in [0.2, 0.25) is 10.0 Å². The monoisotopic (exact) mass is 533 g/mol. The van der Waals surface area contributed by atoms with Gasteiger partial charge in [-0.15, -0.1) is 0 Å². The van der Waals surface area contributed by atoms with Crippen molar-refractivity contribution in [2.45, 2.75) is 12.8 Å². The molecule has 1 aliphatic rings. The molecule has 0 bridgehead atoms. The quantitative estimate of drug-likeness (QED) is 0.400. The first-order valence-corrected chi connectivity index (χ1v) is 11.3. The van der Waals surface area contributed by atoms with Crippen LogP contribution in [0, 0.1) is 11.6 Å². The van der Waals surface area contributed by atoms with Gasteiger partial charge in [0.25, 0.3) is 6.01 Å². The number of benzene rings is 2. The maximum absolute atomic E-state index is 15.1. The van der Waals surface area contributed by atoms with Gasteiger partial charge in [-0.05, 0) is 37.3 Å². The molecule has 184 valence electrons. The minimum atomic E-state index is -1.30. The standard InChI is InChI=1S/C24H15Cl2F2N3O5/c1-2-34-23(33)18-17(16-12(26)6-4-8-14(16)28)19-21(36-24(29)30-19)31-15(22(32)35-20(18)31)9-10-11(25)5-3-7-13(10)27/h3-9,17H,2H2,1H3,(H2,29,30)/b15-9+/t17-/m0/s1. The summed E-state index contributed by atoms with van der Waals surface area (Å²) in [7, 11) is 0. The Bertz CT molecular complexity index is 1680. The second-order valence-electron chi connectivity index (χ2n) is 7.64. The molecule has 5 rings (SSSR count). The summed E-state index contributed by atoms with van der Waals surface area (Å²) in [6.45, 7) is 1.53. The summed E-state index contributed by atoms with van der Waals surface area (Å²) in [6, 6.07) is 7.61. The van der Waals surface area contributed by atoms with Crippen LogP contribution in [-0.4, -0.2) is 22.1 Å². The molecule has 0 amide bonds. The Morgan fingerprint density at radius 1 is 1.17 bits per heavy atom. The number of hydrogen-bond acceptors (Lipinski definition) is 7. The molecular weight excluding hydrogens is 519 g/mol. The molecule has 0 unspecified atom stereocenters. The van der Waals surface area contributed by atoms with Crippen molar-refractivity contribution in [1.82, 2.24) is 9.55 Å². The third kappa shape index (κ3) is 3.69. The molecule has 2 N–H and O–H groups in total. The van der Waals surface area contributed by atoms with Gasteiger partial charge in [0.2, 0.25) is 11.4 Å². The van der Waals surface area contributed by atoms with Gasteiger partial charge in [-0.1, -0.05) is 35.3 Å². The number of esters is 1. The second-order valence-corrected chi connectivity index (χ2v) is 8.45. The van der Waals surface area contributed by atoms with E-state index in [2.05, 4.69) is 4.98 Å². The zero-order chi connectivity index (χ0) is 25.7. The minimum Gasteiger partial charge on any atom is -0.462 e. The lowest BCUT2D eigenvalue weighted by atomic mass is 9.86. The smallest absolute Gasteiger partial charge is 0.362 e. The normalized spacial score (nSPS) is 15.1. The molecular formula is C24H15Cl2F2N3O5. The zero-order valence-electron chi connectivity index (χ0n) is 18.4. The van der Waals surface area contributed by atoms with Crippen molar-refractivity contribution in [3.63, 3.8) is 0 Å². The van der Waals surface area contributed by atoms with Crippen molar-refractivity contribution in [2.24, 2.45) is 0 Å². The van der Waals surface area contributed by atoms with E-state index < -0.39 is 29.1 Å². The second kappa shape index (κ2) is 8.96. The highest BCUT2D eigenvalue weighted by atomic mass is 35.5. The summed E-state index contributed by atoms with van der Waals surface area (Å²) in [4.78, 5) is 30.4. The number of nitrogens with zero attached hydrogens (tertiary/aromatic N) is 2. The molecule has 12 heteroatoms. The topological polar surface area (TPSA) is 113 Å². The Morgan fingerprint density at radius 2 is 1.86 bits per heavy atom. The molecule has 1 aliphatic heterocycles. The average molecular weight is 534 g/mol. The van der Waals surface area contributed by atoms with Gasteiger partial charge in [-0.3, -0.25) is 0 Å². The number of nitrogens with two attached hydrogens (primary N) is 1. The van der Waals surface area contributed by atoms with Crippen LogP contribution in [0.4, 0.5) is 14.8 Å². The van der Waals surface area contributed by atoms with Crippen LogP contribution in [-0.2, 0) is 9.53 Å². The fourth-order valence-electron chi connectivity index (χ4n) is 4.10. The summed E-state index contributed by atoms with van der Waals surface area (Å²) >= 11 is 12.5. The fourth-order valence-corrected chi connectivity index (χ4v) is 4.59. The number of fused-ring (bicyclic) bond motifs is 3. The lowest BCUT2D eigenvalue weighted by molar-refractivity contribution is -0.136. The summed E-state index contributed by atoms with van der Waals surface area (Å²) in [5, 5.41) is -0.264. The van der Waals surface area contributed by atoms with Crippen LogP contribution in [0.3, 0.4) is 0 Å². The predicted molar refractivity (Wildman–Crippen MR) is 126 cm³/mol. The highest BCUT2D eigenvalue weighted by Crippen LogP contribution is 2.42. The van der Waals surface area contributed by atoms with Crippen molar-refractivity contribution in [1.29, 1.82) is 0 Å². The third-order valence-electron chi connectivity index (χ3n) is 5.55. The van der Waals surface area contributed by atoms with Crippen molar-refractivity contribution < 1.29 is 27.1 Å². The number of anilines is 1. The number of aromatic nitrogens is 2. The van der Waals surface area contributed by atoms with E-state index in [-0.39, 0.29) is 61.8 Å². The molecule has 4 aromatic rings. The molecule has 36 heavy (non-hydrogen) atoms. The first kappa shape index (κ1) is 23.8. The molecule has 0 saturated heterocycles. The maximum atomic E-state index is 15.1. The Balaban J connectivity index is 1.97. The van der Waals surface area contributed by atoms with E-state index >= 15 is 4.39 Å². The van der Waals surface area contributed by atoms with E-state index in [9.17, 15) is 14.0 Å². The Hall–Kier alpha value is -3.89. The number of rotatable bonds is 4. The zero-order valence-corrected chi connectivity index (χ0v) is 19.9. The molecule has 3 heterocycles. The lowest BCUT2D eigenvalue weighted by Gasteiger charge is -2.23. The molecule has 0 aliphatic carbocycles. The molecule has 0 saturated carbocycles. The number of oxazole rings is 2. The van der Waals surface area contributed by atoms with Crippen molar-refractivity contribution in [3.05, 3.63) is 96.2 Å². The van der Waals surface area contributed by atoms with Gasteiger partial charge in [0.1, 0.15) is 28.3 Å². The van der Waals surface area contributed by atoms with Crippen molar-refractivity contribution in [3.8, 4) is 5.88 Å². The molecule has 8 nitrogen and oxygen atoms in total. The average Bonchev–Trinajstić information content (AvgIpc) is 3.35. The number of carbonyl (C=O) groups is 1. The SMILES string of the molecule is CCOC(=O)C1=c2oc(=O)/c(=C\c3c(F)cccc3Cl)n2-c2oc(N)nc2[C@H]1c1c(F)cccc1Cl. The Morgan fingerprint density at radius 3 is 2.53 bits per heavy atom.